The summed E-state index contributed by atoms with van der Waals surface area (Å²) in [6.45, 7) is 3.75. The molecule has 1 aromatic heterocycles. The summed E-state index contributed by atoms with van der Waals surface area (Å²) in [6, 6.07) is 15.9. The summed E-state index contributed by atoms with van der Waals surface area (Å²) < 4.78 is 39.9. The highest BCUT2D eigenvalue weighted by molar-refractivity contribution is 7.90. The van der Waals surface area contributed by atoms with Crippen molar-refractivity contribution >= 4 is 50.1 Å². The second kappa shape index (κ2) is 10.4. The van der Waals surface area contributed by atoms with Crippen molar-refractivity contribution in [2.24, 2.45) is 0 Å². The topological polar surface area (TPSA) is 94.8 Å². The van der Waals surface area contributed by atoms with E-state index in [2.05, 4.69) is 0 Å². The number of aromatic nitrogens is 1. The van der Waals surface area contributed by atoms with Crippen LogP contribution >= 0.6 is 23.2 Å². The van der Waals surface area contributed by atoms with Gasteiger partial charge in [-0.3, -0.25) is 4.79 Å². The van der Waals surface area contributed by atoms with Gasteiger partial charge in [0.2, 0.25) is 0 Å². The van der Waals surface area contributed by atoms with E-state index in [1.807, 2.05) is 13.8 Å². The minimum atomic E-state index is -4.01. The first kappa shape index (κ1) is 25.9. The van der Waals surface area contributed by atoms with Crippen molar-refractivity contribution < 1.29 is 27.8 Å². The molecule has 7 nitrogen and oxygen atoms in total. The van der Waals surface area contributed by atoms with E-state index in [0.29, 0.717) is 43.8 Å². The third-order valence-electron chi connectivity index (χ3n) is 5.31. The number of carbonyl (C=O) groups is 1. The number of hydrogen-bond acceptors (Lipinski definition) is 5. The molecule has 0 unspecified atom stereocenters. The van der Waals surface area contributed by atoms with Crippen molar-refractivity contribution in [1.29, 1.82) is 0 Å². The zero-order valence-corrected chi connectivity index (χ0v) is 21.8. The van der Waals surface area contributed by atoms with Crippen LogP contribution in [0.4, 0.5) is 0 Å². The van der Waals surface area contributed by atoms with E-state index < -0.39 is 16.0 Å². The van der Waals surface area contributed by atoms with Gasteiger partial charge >= 0.3 is 5.97 Å². The number of rotatable bonds is 9. The molecule has 0 saturated carbocycles. The second-order valence-corrected chi connectivity index (χ2v) is 11.0. The molecule has 0 aliphatic heterocycles. The Balaban J connectivity index is 1.70. The Labute approximate surface area is 218 Å². The lowest BCUT2D eigenvalue weighted by Gasteiger charge is -2.12. The van der Waals surface area contributed by atoms with Crippen LogP contribution in [0.25, 0.3) is 10.9 Å². The Bertz CT molecular complexity index is 1530. The summed E-state index contributed by atoms with van der Waals surface area (Å²) in [5.41, 5.74) is 1.02. The molecular formula is C26H23Cl2NO6S. The summed E-state index contributed by atoms with van der Waals surface area (Å²) in [7, 11) is -4.01. The van der Waals surface area contributed by atoms with Gasteiger partial charge in [-0.25, -0.2) is 12.4 Å². The molecule has 4 aromatic rings. The normalized spacial score (nSPS) is 11.7. The fraction of sp³-hybridized carbons (Fsp3) is 0.192. The van der Waals surface area contributed by atoms with Crippen LogP contribution < -0.4 is 9.47 Å². The maximum atomic E-state index is 13.6. The number of carboxylic acids is 1. The number of aryl methyl sites for hydroxylation is 1. The van der Waals surface area contributed by atoms with Crippen LogP contribution in [0.2, 0.25) is 10.0 Å². The van der Waals surface area contributed by atoms with Crippen molar-refractivity contribution in [2.45, 2.75) is 37.7 Å². The van der Waals surface area contributed by atoms with Gasteiger partial charge < -0.3 is 14.6 Å². The van der Waals surface area contributed by atoms with E-state index in [4.69, 9.17) is 37.8 Å². The van der Waals surface area contributed by atoms with Crippen molar-refractivity contribution in [1.82, 2.24) is 3.97 Å². The second-order valence-electron chi connectivity index (χ2n) is 8.34. The molecule has 0 aliphatic rings. The lowest BCUT2D eigenvalue weighted by molar-refractivity contribution is -0.136. The van der Waals surface area contributed by atoms with Crippen LogP contribution in [0.3, 0.4) is 0 Å². The van der Waals surface area contributed by atoms with E-state index in [1.54, 1.807) is 48.5 Å². The average Bonchev–Trinajstić information content (AvgIpc) is 3.19. The first-order chi connectivity index (χ1) is 17.0. The molecule has 4 rings (SSSR count). The molecule has 1 heterocycles. The third kappa shape index (κ3) is 5.61. The number of hydrogen-bond donors (Lipinski definition) is 1. The fourth-order valence-corrected chi connectivity index (χ4v) is 5.37. The van der Waals surface area contributed by atoms with Crippen LogP contribution in [-0.4, -0.2) is 29.6 Å². The smallest absolute Gasteiger partial charge is 0.303 e. The molecule has 0 fully saturated rings. The largest absolute Gasteiger partial charge is 0.491 e. The van der Waals surface area contributed by atoms with Gasteiger partial charge in [-0.2, -0.15) is 0 Å². The van der Waals surface area contributed by atoms with Crippen LogP contribution in [0, 0.1) is 0 Å². The quantitative estimate of drug-likeness (QED) is 0.248. The SMILES string of the molecule is CC(C)Oc1ccc2c(CCC(=O)O)cn(S(=O)(=O)c3ccc(Oc4ccc(Cl)c(Cl)c4)cc3)c2c1. The predicted octanol–water partition coefficient (Wildman–Crippen LogP) is 6.78. The Hall–Kier alpha value is -3.20. The van der Waals surface area contributed by atoms with Crippen LogP contribution in [0.1, 0.15) is 25.8 Å². The van der Waals surface area contributed by atoms with E-state index >= 15 is 0 Å². The highest BCUT2D eigenvalue weighted by Crippen LogP contribution is 2.32. The van der Waals surface area contributed by atoms with Gasteiger partial charge in [0.1, 0.15) is 17.2 Å². The van der Waals surface area contributed by atoms with Gasteiger partial charge in [0.05, 0.1) is 26.6 Å². The summed E-state index contributed by atoms with van der Waals surface area (Å²) in [5, 5.41) is 10.5. The number of aliphatic carboxylic acids is 1. The molecule has 3 aromatic carbocycles. The standard InChI is InChI=1S/C26H23Cl2NO6S/c1-16(2)34-20-6-10-22-17(3-12-26(30)31)15-29(25(22)14-20)36(32,33)21-8-4-18(5-9-21)35-19-7-11-23(27)24(28)13-19/h4-11,13-16H,3,12H2,1-2H3,(H,30,31). The minimum absolute atomic E-state index is 0.0425. The third-order valence-corrected chi connectivity index (χ3v) is 7.74. The van der Waals surface area contributed by atoms with Gasteiger partial charge in [-0.1, -0.05) is 23.2 Å². The first-order valence-corrected chi connectivity index (χ1v) is 13.2. The van der Waals surface area contributed by atoms with E-state index in [0.717, 1.165) is 0 Å². The average molecular weight is 548 g/mol. The summed E-state index contributed by atoms with van der Waals surface area (Å²) in [4.78, 5) is 11.2. The molecule has 0 radical (unpaired) electrons. The van der Waals surface area contributed by atoms with Crippen LogP contribution in [0.5, 0.6) is 17.2 Å². The highest BCUT2D eigenvalue weighted by atomic mass is 35.5. The molecule has 0 aliphatic carbocycles. The summed E-state index contributed by atoms with van der Waals surface area (Å²) >= 11 is 12.0. The zero-order valence-electron chi connectivity index (χ0n) is 19.4. The van der Waals surface area contributed by atoms with E-state index in [9.17, 15) is 13.2 Å². The molecule has 1 N–H and O–H groups in total. The molecular weight excluding hydrogens is 525 g/mol. The summed E-state index contributed by atoms with van der Waals surface area (Å²) in [5.74, 6) is 0.426. The maximum Gasteiger partial charge on any atom is 0.303 e. The van der Waals surface area contributed by atoms with Crippen molar-refractivity contribution in [3.05, 3.63) is 82.5 Å². The molecule has 0 amide bonds. The van der Waals surface area contributed by atoms with Crippen molar-refractivity contribution in [3.63, 3.8) is 0 Å². The molecule has 0 saturated heterocycles. The molecule has 36 heavy (non-hydrogen) atoms. The number of ether oxygens (including phenoxy) is 2. The highest BCUT2D eigenvalue weighted by Gasteiger charge is 2.22. The Morgan fingerprint density at radius 2 is 1.61 bits per heavy atom. The van der Waals surface area contributed by atoms with Crippen molar-refractivity contribution in [3.8, 4) is 17.2 Å². The number of fused-ring (bicyclic) bond motifs is 1. The number of carboxylic acid groups (broad SMARTS) is 1. The molecule has 10 heteroatoms. The fourth-order valence-electron chi connectivity index (χ4n) is 3.70. The molecule has 0 atom stereocenters. The van der Waals surface area contributed by atoms with Crippen LogP contribution in [-0.2, 0) is 21.2 Å². The minimum Gasteiger partial charge on any atom is -0.491 e. The van der Waals surface area contributed by atoms with Gasteiger partial charge in [0.25, 0.3) is 10.0 Å². The number of halogens is 2. The number of nitrogens with zero attached hydrogens (tertiary/aromatic N) is 1. The summed E-state index contributed by atoms with van der Waals surface area (Å²) in [6.07, 6.45) is 1.44. The zero-order chi connectivity index (χ0) is 26.0. The first-order valence-electron chi connectivity index (χ1n) is 11.1. The predicted molar refractivity (Wildman–Crippen MR) is 139 cm³/mol. The lowest BCUT2D eigenvalue weighted by Crippen LogP contribution is -2.12. The molecule has 188 valence electrons. The van der Waals surface area contributed by atoms with Gasteiger partial charge in [-0.05, 0) is 74.4 Å². The Kier molecular flexibility index (Phi) is 7.49. The Morgan fingerprint density at radius 1 is 0.944 bits per heavy atom. The van der Waals surface area contributed by atoms with Gasteiger partial charge in [0, 0.05) is 30.1 Å². The van der Waals surface area contributed by atoms with Gasteiger partial charge in [0.15, 0.2) is 0 Å². The van der Waals surface area contributed by atoms with E-state index in [1.165, 1.54) is 22.3 Å². The van der Waals surface area contributed by atoms with Crippen molar-refractivity contribution in [2.75, 3.05) is 0 Å². The van der Waals surface area contributed by atoms with Crippen LogP contribution in [0.15, 0.2) is 71.8 Å². The maximum absolute atomic E-state index is 13.6. The monoisotopic (exact) mass is 547 g/mol. The Morgan fingerprint density at radius 3 is 2.25 bits per heavy atom. The van der Waals surface area contributed by atoms with Gasteiger partial charge in [-0.15, -0.1) is 0 Å². The molecule has 0 spiro atoms. The molecule has 0 bridgehead atoms. The van der Waals surface area contributed by atoms with E-state index in [-0.39, 0.29) is 23.8 Å². The number of benzene rings is 3. The lowest BCUT2D eigenvalue weighted by atomic mass is 10.1.